The SMILES string of the molecule is O=C(Nc1cnn(Cc2c(Cl)cccc2Cl)c1)c1cccc(COCC(F)(F)C(F)F)c1. The molecule has 0 saturated carbocycles. The van der Waals surface area contributed by atoms with E-state index in [1.54, 1.807) is 29.1 Å². The van der Waals surface area contributed by atoms with Crippen molar-refractivity contribution in [2.45, 2.75) is 25.5 Å². The van der Waals surface area contributed by atoms with E-state index in [4.69, 9.17) is 23.2 Å². The summed E-state index contributed by atoms with van der Waals surface area (Å²) in [6, 6.07) is 11.1. The molecule has 0 spiro atoms. The van der Waals surface area contributed by atoms with Crippen molar-refractivity contribution in [2.24, 2.45) is 0 Å². The van der Waals surface area contributed by atoms with Gasteiger partial charge in [0.15, 0.2) is 0 Å². The number of anilines is 1. The molecule has 5 nitrogen and oxygen atoms in total. The van der Waals surface area contributed by atoms with Crippen LogP contribution >= 0.6 is 23.2 Å². The van der Waals surface area contributed by atoms with Gasteiger partial charge in [0.2, 0.25) is 0 Å². The first-order valence-electron chi connectivity index (χ1n) is 9.25. The zero-order valence-electron chi connectivity index (χ0n) is 16.4. The normalized spacial score (nSPS) is 11.7. The third kappa shape index (κ3) is 6.21. The third-order valence-electron chi connectivity index (χ3n) is 4.34. The summed E-state index contributed by atoms with van der Waals surface area (Å²) in [7, 11) is 0. The molecule has 0 aliphatic carbocycles. The number of ether oxygens (including phenoxy) is 1. The molecule has 32 heavy (non-hydrogen) atoms. The van der Waals surface area contributed by atoms with Crippen molar-refractivity contribution in [3.8, 4) is 0 Å². The number of rotatable bonds is 9. The van der Waals surface area contributed by atoms with Gasteiger partial charge in [-0.3, -0.25) is 9.48 Å². The molecule has 0 bridgehead atoms. The smallest absolute Gasteiger partial charge is 0.330 e. The molecule has 1 heterocycles. The highest BCUT2D eigenvalue weighted by Crippen LogP contribution is 2.25. The molecule has 1 aromatic heterocycles. The fraction of sp³-hybridized carbons (Fsp3) is 0.238. The van der Waals surface area contributed by atoms with Gasteiger partial charge in [-0.25, -0.2) is 8.78 Å². The molecule has 0 saturated heterocycles. The highest BCUT2D eigenvalue weighted by molar-refractivity contribution is 6.35. The van der Waals surface area contributed by atoms with Crippen LogP contribution in [0.5, 0.6) is 0 Å². The lowest BCUT2D eigenvalue weighted by atomic mass is 10.1. The van der Waals surface area contributed by atoms with Crippen molar-refractivity contribution >= 4 is 34.8 Å². The molecule has 0 atom stereocenters. The van der Waals surface area contributed by atoms with Gasteiger partial charge in [0.05, 0.1) is 25.0 Å². The van der Waals surface area contributed by atoms with Crippen LogP contribution in [-0.4, -0.2) is 34.6 Å². The lowest BCUT2D eigenvalue weighted by Gasteiger charge is -2.15. The maximum absolute atomic E-state index is 12.9. The van der Waals surface area contributed by atoms with E-state index in [9.17, 15) is 22.4 Å². The lowest BCUT2D eigenvalue weighted by molar-refractivity contribution is -0.168. The van der Waals surface area contributed by atoms with Gasteiger partial charge in [-0.2, -0.15) is 13.9 Å². The number of hydrogen-bond acceptors (Lipinski definition) is 3. The summed E-state index contributed by atoms with van der Waals surface area (Å²) < 4.78 is 56.4. The molecular weight excluding hydrogens is 473 g/mol. The van der Waals surface area contributed by atoms with E-state index in [0.717, 1.165) is 0 Å². The van der Waals surface area contributed by atoms with Gasteiger partial charge in [-0.15, -0.1) is 0 Å². The lowest BCUT2D eigenvalue weighted by Crippen LogP contribution is -2.32. The Morgan fingerprint density at radius 2 is 1.84 bits per heavy atom. The molecule has 0 fully saturated rings. The van der Waals surface area contributed by atoms with Crippen molar-refractivity contribution < 1.29 is 27.1 Å². The number of nitrogens with one attached hydrogen (secondary N) is 1. The van der Waals surface area contributed by atoms with Gasteiger partial charge in [0, 0.05) is 27.4 Å². The Hall–Kier alpha value is -2.62. The number of carbonyl (C=O) groups excluding carboxylic acids is 1. The topological polar surface area (TPSA) is 56.2 Å². The van der Waals surface area contributed by atoms with Gasteiger partial charge in [-0.1, -0.05) is 41.4 Å². The first-order chi connectivity index (χ1) is 15.2. The quantitative estimate of drug-likeness (QED) is 0.380. The number of alkyl halides is 4. The van der Waals surface area contributed by atoms with Crippen LogP contribution in [0.3, 0.4) is 0 Å². The Morgan fingerprint density at radius 1 is 1.16 bits per heavy atom. The van der Waals surface area contributed by atoms with Crippen molar-refractivity contribution in [1.82, 2.24) is 9.78 Å². The summed E-state index contributed by atoms with van der Waals surface area (Å²) in [4.78, 5) is 12.5. The van der Waals surface area contributed by atoms with Crippen molar-refractivity contribution in [3.63, 3.8) is 0 Å². The Morgan fingerprint density at radius 3 is 2.53 bits per heavy atom. The molecule has 1 N–H and O–H groups in total. The van der Waals surface area contributed by atoms with E-state index >= 15 is 0 Å². The van der Waals surface area contributed by atoms with Crippen LogP contribution < -0.4 is 5.32 Å². The summed E-state index contributed by atoms with van der Waals surface area (Å²) in [5.41, 5.74) is 1.71. The predicted molar refractivity (Wildman–Crippen MR) is 113 cm³/mol. The van der Waals surface area contributed by atoms with Crippen LogP contribution in [0.1, 0.15) is 21.5 Å². The summed E-state index contributed by atoms with van der Waals surface area (Å²) in [5, 5.41) is 7.82. The molecule has 11 heteroatoms. The van der Waals surface area contributed by atoms with E-state index in [1.807, 2.05) is 0 Å². The Bertz CT molecular complexity index is 1070. The van der Waals surface area contributed by atoms with E-state index in [1.165, 1.54) is 30.5 Å². The highest BCUT2D eigenvalue weighted by Gasteiger charge is 2.40. The van der Waals surface area contributed by atoms with Gasteiger partial charge < -0.3 is 10.1 Å². The Labute approximate surface area is 190 Å². The van der Waals surface area contributed by atoms with Crippen LogP contribution in [0.25, 0.3) is 0 Å². The molecule has 2 aromatic carbocycles. The van der Waals surface area contributed by atoms with Gasteiger partial charge in [0.25, 0.3) is 5.91 Å². The van der Waals surface area contributed by atoms with Crippen molar-refractivity contribution in [2.75, 3.05) is 11.9 Å². The number of aromatic nitrogens is 2. The third-order valence-corrected chi connectivity index (χ3v) is 5.05. The predicted octanol–water partition coefficient (Wildman–Crippen LogP) is 5.91. The monoisotopic (exact) mass is 489 g/mol. The molecule has 170 valence electrons. The van der Waals surface area contributed by atoms with Crippen LogP contribution in [0.4, 0.5) is 23.2 Å². The van der Waals surface area contributed by atoms with Gasteiger partial charge in [0.1, 0.15) is 6.61 Å². The molecule has 0 unspecified atom stereocenters. The molecule has 0 aliphatic heterocycles. The summed E-state index contributed by atoms with van der Waals surface area (Å²) in [5.74, 6) is -4.70. The van der Waals surface area contributed by atoms with Crippen LogP contribution in [0, 0.1) is 0 Å². The molecular formula is C21H17Cl2F4N3O2. The first-order valence-corrected chi connectivity index (χ1v) is 10.0. The molecule has 3 rings (SSSR count). The minimum atomic E-state index is -4.23. The van der Waals surface area contributed by atoms with Crippen LogP contribution in [-0.2, 0) is 17.9 Å². The fourth-order valence-electron chi connectivity index (χ4n) is 2.73. The van der Waals surface area contributed by atoms with E-state index in [2.05, 4.69) is 15.2 Å². The van der Waals surface area contributed by atoms with Crippen LogP contribution in [0.15, 0.2) is 54.9 Å². The van der Waals surface area contributed by atoms with E-state index < -0.39 is 24.9 Å². The average Bonchev–Trinajstić information content (AvgIpc) is 3.18. The minimum Gasteiger partial charge on any atom is -0.370 e. The second kappa shape index (κ2) is 10.3. The number of amides is 1. The number of carbonyl (C=O) groups is 1. The first kappa shape index (κ1) is 24.0. The van der Waals surface area contributed by atoms with Crippen LogP contribution in [0.2, 0.25) is 10.0 Å². The summed E-state index contributed by atoms with van der Waals surface area (Å²) in [6.45, 7) is -1.47. The highest BCUT2D eigenvalue weighted by atomic mass is 35.5. The number of halogens is 6. The van der Waals surface area contributed by atoms with E-state index in [0.29, 0.717) is 33.4 Å². The Kier molecular flexibility index (Phi) is 7.76. The maximum atomic E-state index is 12.9. The zero-order valence-corrected chi connectivity index (χ0v) is 17.9. The molecule has 0 radical (unpaired) electrons. The standard InChI is InChI=1S/C21H17Cl2F4N3O2/c22-17-5-2-6-18(23)16(17)10-30-9-15(8-28-30)29-19(31)14-4-1-3-13(7-14)11-32-12-21(26,27)20(24)25/h1-9,20H,10-12H2,(H,29,31). The largest absolute Gasteiger partial charge is 0.370 e. The average molecular weight is 490 g/mol. The molecule has 1 amide bonds. The number of nitrogens with zero attached hydrogens (tertiary/aromatic N) is 2. The maximum Gasteiger partial charge on any atom is 0.330 e. The van der Waals surface area contributed by atoms with Gasteiger partial charge >= 0.3 is 12.3 Å². The number of hydrogen-bond donors (Lipinski definition) is 1. The second-order valence-corrected chi connectivity index (χ2v) is 7.65. The van der Waals surface area contributed by atoms with Crippen molar-refractivity contribution in [3.05, 3.63) is 81.6 Å². The summed E-state index contributed by atoms with van der Waals surface area (Å²) in [6.07, 6.45) is -0.770. The molecule has 0 aliphatic rings. The second-order valence-electron chi connectivity index (χ2n) is 6.84. The zero-order chi connectivity index (χ0) is 23.3. The fourth-order valence-corrected chi connectivity index (χ4v) is 3.25. The van der Waals surface area contributed by atoms with Crippen molar-refractivity contribution in [1.29, 1.82) is 0 Å². The Balaban J connectivity index is 1.60. The molecule has 3 aromatic rings. The van der Waals surface area contributed by atoms with E-state index in [-0.39, 0.29) is 12.2 Å². The van der Waals surface area contributed by atoms with Gasteiger partial charge in [-0.05, 0) is 29.8 Å². The minimum absolute atomic E-state index is 0.230. The number of benzene rings is 2. The summed E-state index contributed by atoms with van der Waals surface area (Å²) >= 11 is 12.3.